The highest BCUT2D eigenvalue weighted by molar-refractivity contribution is 6.33. The van der Waals surface area contributed by atoms with Gasteiger partial charge in [-0.2, -0.15) is 0 Å². The van der Waals surface area contributed by atoms with Gasteiger partial charge in [0.15, 0.2) is 11.5 Å². The Labute approximate surface area is 186 Å². The van der Waals surface area contributed by atoms with Gasteiger partial charge in [0.1, 0.15) is 5.82 Å². The number of rotatable bonds is 6. The smallest absolute Gasteiger partial charge is 0.258 e. The second-order valence-corrected chi connectivity index (χ2v) is 7.72. The number of hydrogen-bond acceptors (Lipinski definition) is 4. The second kappa shape index (κ2) is 10.5. The molecule has 166 valence electrons. The Morgan fingerprint density at radius 1 is 1.00 bits per heavy atom. The number of aryl methyl sites for hydroxylation is 1. The molecule has 1 aliphatic heterocycles. The number of carbonyl (C=O) groups excluding carboxylic acids is 2. The number of nitrogens with zero attached hydrogens (tertiary/aromatic N) is 2. The number of benzene rings is 2. The minimum absolute atomic E-state index is 0.0213. The summed E-state index contributed by atoms with van der Waals surface area (Å²) in [6.45, 7) is 1.75. The predicted octanol–water partition coefficient (Wildman–Crippen LogP) is 3.80. The molecule has 1 heterocycles. The van der Waals surface area contributed by atoms with Crippen LogP contribution in [-0.2, 0) is 11.2 Å². The summed E-state index contributed by atoms with van der Waals surface area (Å²) >= 11 is 6.03. The van der Waals surface area contributed by atoms with Crippen LogP contribution in [-0.4, -0.2) is 62.0 Å². The van der Waals surface area contributed by atoms with Gasteiger partial charge in [-0.15, -0.1) is 0 Å². The maximum Gasteiger partial charge on any atom is 0.258 e. The summed E-state index contributed by atoms with van der Waals surface area (Å²) in [5.74, 6) is 0.216. The first-order chi connectivity index (χ1) is 14.9. The van der Waals surface area contributed by atoms with Crippen molar-refractivity contribution in [1.29, 1.82) is 0 Å². The van der Waals surface area contributed by atoms with Crippen molar-refractivity contribution in [3.05, 3.63) is 58.4 Å². The van der Waals surface area contributed by atoms with Crippen LogP contribution in [0.3, 0.4) is 0 Å². The molecule has 0 aliphatic carbocycles. The number of hydrogen-bond donors (Lipinski definition) is 0. The molecule has 6 nitrogen and oxygen atoms in total. The molecule has 0 atom stereocenters. The third-order valence-corrected chi connectivity index (χ3v) is 5.70. The van der Waals surface area contributed by atoms with Crippen molar-refractivity contribution in [3.63, 3.8) is 0 Å². The van der Waals surface area contributed by atoms with E-state index in [2.05, 4.69) is 0 Å². The lowest BCUT2D eigenvalue weighted by Gasteiger charge is -2.23. The van der Waals surface area contributed by atoms with E-state index >= 15 is 0 Å². The fourth-order valence-corrected chi connectivity index (χ4v) is 3.92. The van der Waals surface area contributed by atoms with Gasteiger partial charge in [0, 0.05) is 32.6 Å². The topological polar surface area (TPSA) is 59.1 Å². The first-order valence-electron chi connectivity index (χ1n) is 10.2. The van der Waals surface area contributed by atoms with Gasteiger partial charge in [0.05, 0.1) is 24.8 Å². The average Bonchev–Trinajstić information content (AvgIpc) is 3.03. The lowest BCUT2D eigenvalue weighted by Crippen LogP contribution is -2.37. The molecule has 2 aromatic carbocycles. The first kappa shape index (κ1) is 22.9. The number of methoxy groups -OCH3 is 2. The maximum absolute atomic E-state index is 14.1. The summed E-state index contributed by atoms with van der Waals surface area (Å²) in [5.41, 5.74) is 0.865. The lowest BCUT2D eigenvalue weighted by molar-refractivity contribution is -0.131. The highest BCUT2D eigenvalue weighted by Crippen LogP contribution is 2.28. The number of ether oxygens (including phenoxy) is 2. The summed E-state index contributed by atoms with van der Waals surface area (Å²) < 4.78 is 24.7. The Kier molecular flexibility index (Phi) is 7.74. The molecule has 0 N–H and O–H groups in total. The van der Waals surface area contributed by atoms with Gasteiger partial charge in [-0.3, -0.25) is 9.59 Å². The van der Waals surface area contributed by atoms with Crippen molar-refractivity contribution >= 4 is 23.4 Å². The zero-order chi connectivity index (χ0) is 22.4. The van der Waals surface area contributed by atoms with Crippen LogP contribution < -0.4 is 9.47 Å². The van der Waals surface area contributed by atoms with Crippen molar-refractivity contribution in [2.45, 2.75) is 19.3 Å². The molecule has 0 radical (unpaired) electrons. The first-order valence-corrected chi connectivity index (χ1v) is 10.5. The third-order valence-electron chi connectivity index (χ3n) is 5.39. The standard InChI is InChI=1S/C23H26ClFN2O4/c1-30-19-9-7-16(15-20(19)31-2)8-10-21(28)26-11-4-12-27(14-13-26)23(29)22-17(24)5-3-6-18(22)25/h3,5-7,9,15H,4,8,10-14H2,1-2H3. The van der Waals surface area contributed by atoms with Crippen LogP contribution >= 0.6 is 11.6 Å². The van der Waals surface area contributed by atoms with Crippen molar-refractivity contribution in [3.8, 4) is 11.5 Å². The van der Waals surface area contributed by atoms with Gasteiger partial charge in [-0.1, -0.05) is 23.7 Å². The molecule has 2 aromatic rings. The summed E-state index contributed by atoms with van der Waals surface area (Å²) in [7, 11) is 3.15. The Morgan fingerprint density at radius 3 is 2.42 bits per heavy atom. The number of halogens is 2. The van der Waals surface area contributed by atoms with Crippen LogP contribution in [0.1, 0.15) is 28.8 Å². The SMILES string of the molecule is COc1ccc(CCC(=O)N2CCCN(C(=O)c3c(F)cccc3Cl)CC2)cc1OC. The summed E-state index contributed by atoms with van der Waals surface area (Å²) in [4.78, 5) is 28.8. The van der Waals surface area contributed by atoms with E-state index in [-0.39, 0.29) is 16.5 Å². The van der Waals surface area contributed by atoms with Crippen LogP contribution in [0, 0.1) is 5.82 Å². The molecular weight excluding hydrogens is 423 g/mol. The van der Waals surface area contributed by atoms with E-state index in [1.165, 1.54) is 18.2 Å². The molecule has 1 aliphatic rings. The van der Waals surface area contributed by atoms with Crippen LogP contribution in [0.2, 0.25) is 5.02 Å². The largest absolute Gasteiger partial charge is 0.493 e. The van der Waals surface area contributed by atoms with E-state index in [0.29, 0.717) is 56.9 Å². The van der Waals surface area contributed by atoms with E-state index in [0.717, 1.165) is 5.56 Å². The summed E-state index contributed by atoms with van der Waals surface area (Å²) in [5, 5.41) is 0.0945. The van der Waals surface area contributed by atoms with Crippen LogP contribution in [0.15, 0.2) is 36.4 Å². The zero-order valence-electron chi connectivity index (χ0n) is 17.7. The lowest BCUT2D eigenvalue weighted by atomic mass is 10.1. The molecule has 0 unspecified atom stereocenters. The van der Waals surface area contributed by atoms with Crippen LogP contribution in [0.25, 0.3) is 0 Å². The predicted molar refractivity (Wildman–Crippen MR) is 116 cm³/mol. The Hall–Kier alpha value is -2.80. The Balaban J connectivity index is 1.58. The fraction of sp³-hybridized carbons (Fsp3) is 0.391. The quantitative estimate of drug-likeness (QED) is 0.674. The van der Waals surface area contributed by atoms with E-state index in [1.807, 2.05) is 18.2 Å². The molecule has 8 heteroatoms. The molecule has 1 saturated heterocycles. The molecule has 0 bridgehead atoms. The Bertz CT molecular complexity index is 933. The molecular formula is C23H26ClFN2O4. The van der Waals surface area contributed by atoms with Gasteiger partial charge in [0.2, 0.25) is 5.91 Å². The van der Waals surface area contributed by atoms with E-state index in [1.54, 1.807) is 24.0 Å². The minimum Gasteiger partial charge on any atom is -0.493 e. The van der Waals surface area contributed by atoms with Crippen LogP contribution in [0.5, 0.6) is 11.5 Å². The molecule has 1 fully saturated rings. The third kappa shape index (κ3) is 5.47. The monoisotopic (exact) mass is 448 g/mol. The van der Waals surface area contributed by atoms with Crippen LogP contribution in [0.4, 0.5) is 4.39 Å². The second-order valence-electron chi connectivity index (χ2n) is 7.31. The van der Waals surface area contributed by atoms with Gasteiger partial charge in [-0.25, -0.2) is 4.39 Å². The molecule has 31 heavy (non-hydrogen) atoms. The van der Waals surface area contributed by atoms with E-state index in [9.17, 15) is 14.0 Å². The van der Waals surface area contributed by atoms with E-state index < -0.39 is 11.7 Å². The molecule has 0 aromatic heterocycles. The van der Waals surface area contributed by atoms with Gasteiger partial charge in [0.25, 0.3) is 5.91 Å². The molecule has 2 amide bonds. The van der Waals surface area contributed by atoms with Crippen molar-refractivity contribution in [2.75, 3.05) is 40.4 Å². The summed E-state index contributed by atoms with van der Waals surface area (Å²) in [6.07, 6.45) is 1.55. The maximum atomic E-state index is 14.1. The van der Waals surface area contributed by atoms with Gasteiger partial charge in [-0.05, 0) is 42.7 Å². The molecule has 0 spiro atoms. The average molecular weight is 449 g/mol. The van der Waals surface area contributed by atoms with Crippen molar-refractivity contribution < 1.29 is 23.5 Å². The van der Waals surface area contributed by atoms with Crippen molar-refractivity contribution in [2.24, 2.45) is 0 Å². The van der Waals surface area contributed by atoms with Crippen molar-refractivity contribution in [1.82, 2.24) is 9.80 Å². The van der Waals surface area contributed by atoms with Gasteiger partial charge < -0.3 is 19.3 Å². The normalized spacial score (nSPS) is 14.2. The van der Waals surface area contributed by atoms with E-state index in [4.69, 9.17) is 21.1 Å². The minimum atomic E-state index is -0.635. The fourth-order valence-electron chi connectivity index (χ4n) is 3.68. The molecule has 0 saturated carbocycles. The molecule has 3 rings (SSSR count). The number of amides is 2. The Morgan fingerprint density at radius 2 is 1.71 bits per heavy atom. The highest BCUT2D eigenvalue weighted by Gasteiger charge is 2.26. The van der Waals surface area contributed by atoms with Gasteiger partial charge >= 0.3 is 0 Å². The summed E-state index contributed by atoms with van der Waals surface area (Å²) in [6, 6.07) is 9.79. The highest BCUT2D eigenvalue weighted by atomic mass is 35.5. The number of carbonyl (C=O) groups is 2. The zero-order valence-corrected chi connectivity index (χ0v) is 18.5.